The Bertz CT molecular complexity index is 411. The number of nitrogens with zero attached hydrogens (tertiary/aromatic N) is 2. The van der Waals surface area contributed by atoms with Gasteiger partial charge in [-0.2, -0.15) is 18.2 Å². The molecule has 0 aliphatic rings. The molecular weight excluding hydrogens is 223 g/mol. The van der Waals surface area contributed by atoms with Crippen molar-refractivity contribution in [2.75, 3.05) is 12.3 Å². The number of nitrogens with two attached hydrogens (primary N) is 1. The molecule has 4 nitrogen and oxygen atoms in total. The van der Waals surface area contributed by atoms with Crippen LogP contribution in [0.5, 0.6) is 5.88 Å². The first-order valence-electron chi connectivity index (χ1n) is 4.21. The minimum atomic E-state index is -4.58. The minimum absolute atomic E-state index is 0.0737. The average Bonchev–Trinajstić information content (AvgIpc) is 2.16. The van der Waals surface area contributed by atoms with Gasteiger partial charge in [0.25, 0.3) is 0 Å². The summed E-state index contributed by atoms with van der Waals surface area (Å²) in [5.41, 5.74) is 3.97. The zero-order chi connectivity index (χ0) is 12.2. The number of terminal acetylenes is 1. The number of ether oxygens (including phenoxy) is 1. The van der Waals surface area contributed by atoms with Crippen molar-refractivity contribution in [3.05, 3.63) is 11.8 Å². The summed E-state index contributed by atoms with van der Waals surface area (Å²) < 4.78 is 41.8. The second-order valence-corrected chi connectivity index (χ2v) is 2.75. The van der Waals surface area contributed by atoms with E-state index in [-0.39, 0.29) is 18.9 Å². The summed E-state index contributed by atoms with van der Waals surface area (Å²) in [5, 5.41) is 0. The van der Waals surface area contributed by atoms with Crippen LogP contribution in [-0.4, -0.2) is 16.6 Å². The number of nitrogen functional groups attached to an aromatic ring is 1. The van der Waals surface area contributed by atoms with Crippen LogP contribution in [0.3, 0.4) is 0 Å². The van der Waals surface area contributed by atoms with Crippen LogP contribution >= 0.6 is 0 Å². The molecule has 0 aromatic carbocycles. The van der Waals surface area contributed by atoms with Crippen molar-refractivity contribution in [1.29, 1.82) is 0 Å². The van der Waals surface area contributed by atoms with Crippen molar-refractivity contribution in [3.8, 4) is 18.2 Å². The normalized spacial score (nSPS) is 10.9. The van der Waals surface area contributed by atoms with E-state index >= 15 is 0 Å². The first kappa shape index (κ1) is 12.1. The molecular formula is C9H8F3N3O. The molecule has 0 saturated heterocycles. The van der Waals surface area contributed by atoms with E-state index in [0.717, 1.165) is 0 Å². The van der Waals surface area contributed by atoms with Gasteiger partial charge in [-0.05, 0) is 0 Å². The lowest BCUT2D eigenvalue weighted by molar-refractivity contribution is -0.141. The Morgan fingerprint density at radius 1 is 1.44 bits per heavy atom. The van der Waals surface area contributed by atoms with Crippen LogP contribution in [0.2, 0.25) is 0 Å². The lowest BCUT2D eigenvalue weighted by Crippen LogP contribution is -2.12. The second-order valence-electron chi connectivity index (χ2n) is 2.75. The van der Waals surface area contributed by atoms with Crippen molar-refractivity contribution in [2.45, 2.75) is 12.6 Å². The Hall–Kier alpha value is -1.97. The van der Waals surface area contributed by atoms with E-state index in [1.165, 1.54) is 0 Å². The first-order chi connectivity index (χ1) is 7.43. The van der Waals surface area contributed by atoms with E-state index in [1.54, 1.807) is 0 Å². The Labute approximate surface area is 89.6 Å². The van der Waals surface area contributed by atoms with Crippen LogP contribution in [0, 0.1) is 12.3 Å². The van der Waals surface area contributed by atoms with Gasteiger partial charge >= 0.3 is 6.18 Å². The van der Waals surface area contributed by atoms with Crippen LogP contribution in [0.15, 0.2) is 6.07 Å². The molecule has 2 N–H and O–H groups in total. The van der Waals surface area contributed by atoms with Gasteiger partial charge in [-0.25, -0.2) is 4.98 Å². The summed E-state index contributed by atoms with van der Waals surface area (Å²) in [6.45, 7) is 0.0737. The molecule has 86 valence electrons. The first-order valence-corrected chi connectivity index (χ1v) is 4.21. The van der Waals surface area contributed by atoms with Gasteiger partial charge in [0.1, 0.15) is 6.61 Å². The fourth-order valence-corrected chi connectivity index (χ4v) is 0.877. The van der Waals surface area contributed by atoms with Crippen molar-refractivity contribution in [3.63, 3.8) is 0 Å². The average molecular weight is 231 g/mol. The highest BCUT2D eigenvalue weighted by Crippen LogP contribution is 2.29. The van der Waals surface area contributed by atoms with E-state index in [0.29, 0.717) is 6.07 Å². The molecule has 0 aliphatic carbocycles. The van der Waals surface area contributed by atoms with Gasteiger partial charge in [-0.15, -0.1) is 12.3 Å². The molecule has 0 bridgehead atoms. The number of hydrogen-bond donors (Lipinski definition) is 1. The monoisotopic (exact) mass is 231 g/mol. The molecule has 1 rings (SSSR count). The molecule has 0 aliphatic heterocycles. The Balaban J connectivity index is 2.87. The van der Waals surface area contributed by atoms with Gasteiger partial charge in [0.2, 0.25) is 11.8 Å². The highest BCUT2D eigenvalue weighted by Gasteiger charge is 2.33. The number of aromatic nitrogens is 2. The number of anilines is 1. The van der Waals surface area contributed by atoms with Crippen molar-refractivity contribution in [1.82, 2.24) is 9.97 Å². The minimum Gasteiger partial charge on any atom is -0.477 e. The molecule has 1 aromatic heterocycles. The summed E-state index contributed by atoms with van der Waals surface area (Å²) in [5.74, 6) is 1.54. The predicted molar refractivity (Wildman–Crippen MR) is 50.4 cm³/mol. The number of hydrogen-bond acceptors (Lipinski definition) is 4. The molecule has 0 atom stereocenters. The summed E-state index contributed by atoms with van der Waals surface area (Å²) in [4.78, 5) is 6.55. The SMILES string of the molecule is C#CCCOc1cc(C(F)(F)F)nc(N)n1. The fourth-order valence-electron chi connectivity index (χ4n) is 0.877. The fraction of sp³-hybridized carbons (Fsp3) is 0.333. The molecule has 0 spiro atoms. The lowest BCUT2D eigenvalue weighted by atomic mass is 10.4. The number of halogens is 3. The number of rotatable bonds is 3. The van der Waals surface area contributed by atoms with E-state index < -0.39 is 17.8 Å². The Morgan fingerprint density at radius 3 is 2.69 bits per heavy atom. The molecule has 1 heterocycles. The van der Waals surface area contributed by atoms with Gasteiger partial charge < -0.3 is 10.5 Å². The van der Waals surface area contributed by atoms with E-state index in [1.807, 2.05) is 0 Å². The zero-order valence-corrected chi connectivity index (χ0v) is 8.08. The van der Waals surface area contributed by atoms with Crippen molar-refractivity contribution >= 4 is 5.95 Å². The summed E-state index contributed by atoms with van der Waals surface area (Å²) >= 11 is 0. The third-order valence-corrected chi connectivity index (χ3v) is 1.51. The molecule has 1 aromatic rings. The quantitative estimate of drug-likeness (QED) is 0.632. The third-order valence-electron chi connectivity index (χ3n) is 1.51. The summed E-state index contributed by atoms with van der Waals surface area (Å²) in [6, 6.07) is 0.673. The third kappa shape index (κ3) is 3.31. The lowest BCUT2D eigenvalue weighted by Gasteiger charge is -2.08. The molecule has 0 amide bonds. The van der Waals surface area contributed by atoms with Gasteiger partial charge in [0.05, 0.1) is 0 Å². The van der Waals surface area contributed by atoms with E-state index in [4.69, 9.17) is 16.9 Å². The maximum atomic E-state index is 12.3. The van der Waals surface area contributed by atoms with Gasteiger partial charge in [0.15, 0.2) is 5.69 Å². The standard InChI is InChI=1S/C9H8F3N3O/c1-2-3-4-16-7-5-6(9(10,11)12)14-8(13)15-7/h1,5H,3-4H2,(H2,13,14,15). The van der Waals surface area contributed by atoms with E-state index in [9.17, 15) is 13.2 Å². The summed E-state index contributed by atoms with van der Waals surface area (Å²) in [7, 11) is 0. The molecule has 0 fully saturated rings. The molecule has 7 heteroatoms. The Kier molecular flexibility index (Phi) is 3.55. The largest absolute Gasteiger partial charge is 0.477 e. The Morgan fingerprint density at radius 2 is 2.12 bits per heavy atom. The van der Waals surface area contributed by atoms with Crippen LogP contribution in [-0.2, 0) is 6.18 Å². The van der Waals surface area contributed by atoms with Crippen molar-refractivity contribution in [2.24, 2.45) is 0 Å². The van der Waals surface area contributed by atoms with Crippen LogP contribution in [0.25, 0.3) is 0 Å². The maximum absolute atomic E-state index is 12.3. The van der Waals surface area contributed by atoms with Crippen LogP contribution < -0.4 is 10.5 Å². The highest BCUT2D eigenvalue weighted by atomic mass is 19.4. The second kappa shape index (κ2) is 4.70. The van der Waals surface area contributed by atoms with Crippen LogP contribution in [0.1, 0.15) is 12.1 Å². The van der Waals surface area contributed by atoms with E-state index in [2.05, 4.69) is 15.9 Å². The van der Waals surface area contributed by atoms with Gasteiger partial charge in [-0.1, -0.05) is 0 Å². The highest BCUT2D eigenvalue weighted by molar-refractivity contribution is 5.27. The maximum Gasteiger partial charge on any atom is 0.433 e. The zero-order valence-electron chi connectivity index (χ0n) is 8.08. The van der Waals surface area contributed by atoms with Gasteiger partial charge in [0, 0.05) is 12.5 Å². The molecule has 16 heavy (non-hydrogen) atoms. The van der Waals surface area contributed by atoms with Crippen LogP contribution in [0.4, 0.5) is 19.1 Å². The molecule has 0 radical (unpaired) electrons. The topological polar surface area (TPSA) is 61.0 Å². The molecule has 0 saturated carbocycles. The number of alkyl halides is 3. The summed E-state index contributed by atoms with van der Waals surface area (Å²) in [6.07, 6.45) is 0.641. The predicted octanol–water partition coefficient (Wildman–Crippen LogP) is 1.48. The smallest absolute Gasteiger partial charge is 0.433 e. The molecule has 0 unspecified atom stereocenters. The van der Waals surface area contributed by atoms with Gasteiger partial charge in [-0.3, -0.25) is 0 Å². The van der Waals surface area contributed by atoms with Crippen molar-refractivity contribution < 1.29 is 17.9 Å².